The lowest BCUT2D eigenvalue weighted by atomic mass is 9.95. The van der Waals surface area contributed by atoms with Gasteiger partial charge in [0.15, 0.2) is 24.6 Å². The van der Waals surface area contributed by atoms with Gasteiger partial charge in [-0.05, 0) is 171 Å². The van der Waals surface area contributed by atoms with Gasteiger partial charge >= 0.3 is 5.97 Å². The Kier molecular flexibility index (Phi) is 23.8. The van der Waals surface area contributed by atoms with Crippen molar-refractivity contribution in [1.29, 1.82) is 0 Å². The van der Waals surface area contributed by atoms with Crippen molar-refractivity contribution >= 4 is 127 Å². The maximum atomic E-state index is 14.5. The van der Waals surface area contributed by atoms with E-state index in [0.717, 1.165) is 102 Å². The van der Waals surface area contributed by atoms with Gasteiger partial charge in [-0.15, -0.1) is 11.3 Å². The molecule has 5 atom stereocenters. The molecular weight excluding hydrogens is 1510 g/mol. The molecule has 7 aromatic carbocycles. The number of benzene rings is 7. The van der Waals surface area contributed by atoms with Crippen LogP contribution in [0.2, 0.25) is 0 Å². The normalized spacial score (nSPS) is 19.1. The zero-order chi connectivity index (χ0) is 71.2. The van der Waals surface area contributed by atoms with E-state index >= 15 is 0 Å². The second kappa shape index (κ2) is 33.8. The number of fused-ring (bicyclic) bond motifs is 6. The highest BCUT2D eigenvalue weighted by molar-refractivity contribution is 8.30. The third-order valence-electron chi connectivity index (χ3n) is 20.7. The summed E-state index contributed by atoms with van der Waals surface area (Å²) in [5.41, 5.74) is 22.0. The Hall–Kier alpha value is -9.66. The Balaban J connectivity index is 0.00000497. The van der Waals surface area contributed by atoms with E-state index in [4.69, 9.17) is 28.4 Å². The number of allylic oxidation sites excluding steroid dienone is 2. The summed E-state index contributed by atoms with van der Waals surface area (Å²) in [6, 6.07) is 63.9. The van der Waals surface area contributed by atoms with Crippen LogP contribution in [0.4, 0.5) is 22.7 Å². The van der Waals surface area contributed by atoms with Crippen LogP contribution in [0.5, 0.6) is 0 Å². The molecule has 0 radical (unpaired) electrons. The van der Waals surface area contributed by atoms with Crippen molar-refractivity contribution in [2.24, 2.45) is 0 Å². The van der Waals surface area contributed by atoms with Crippen molar-refractivity contribution in [1.82, 2.24) is 20.3 Å². The summed E-state index contributed by atoms with van der Waals surface area (Å²) in [5.74, 6) is -0.197. The van der Waals surface area contributed by atoms with E-state index in [2.05, 4.69) is 202 Å². The fourth-order valence-electron chi connectivity index (χ4n) is 15.4. The van der Waals surface area contributed by atoms with E-state index in [1.54, 1.807) is 19.2 Å². The Morgan fingerprint density at radius 2 is 1.28 bits per heavy atom. The summed E-state index contributed by atoms with van der Waals surface area (Å²) in [6.45, 7) is 10.9. The molecule has 9 aromatic rings. The Labute approximate surface area is 652 Å². The fourth-order valence-corrected chi connectivity index (χ4v) is 17.9. The predicted molar refractivity (Wildman–Crippen MR) is 421 cm³/mol. The van der Waals surface area contributed by atoms with Crippen LogP contribution in [0.1, 0.15) is 116 Å². The SMILES string of the molecule is [Br-].[Br-].[C-]#[N+]/C(=C\c1ccc2c(c1)C1CCCC1N2c1ccc(/C=C/c2ccc(C(=O)OC)cc2)cc1)CONCC[NH+]1C=CC(c2cc[n+](CCNC(=O)Cn3c(=O)/c(=C\c4ccc5c(c4)C4CCCC4N5c4ccc(C=C(c5ccccc5)c5ccccc5)cc4)s/c3=C3/SC(=S)N(C)C3=O)cc2)=CC1. The van der Waals surface area contributed by atoms with Crippen molar-refractivity contribution < 1.29 is 67.4 Å². The average molecular weight is 1590 g/mol. The Morgan fingerprint density at radius 1 is 0.698 bits per heavy atom. The first-order chi connectivity index (χ1) is 50.9. The van der Waals surface area contributed by atoms with E-state index in [-0.39, 0.29) is 70.5 Å². The second-order valence-electron chi connectivity index (χ2n) is 27.1. The van der Waals surface area contributed by atoms with Crippen LogP contribution >= 0.6 is 35.3 Å². The minimum atomic E-state index is -0.347. The molecule has 2 saturated carbocycles. The van der Waals surface area contributed by atoms with Crippen LogP contribution < -0.4 is 78.8 Å². The first kappa shape index (κ1) is 74.6. The van der Waals surface area contributed by atoms with Gasteiger partial charge < -0.3 is 63.6 Å². The highest BCUT2D eigenvalue weighted by Crippen LogP contribution is 2.54. The van der Waals surface area contributed by atoms with Crippen LogP contribution in [0.25, 0.3) is 51.3 Å². The van der Waals surface area contributed by atoms with Crippen molar-refractivity contribution in [2.45, 2.75) is 75.5 Å². The number of hydroxylamine groups is 1. The monoisotopic (exact) mass is 1590 g/mol. The summed E-state index contributed by atoms with van der Waals surface area (Å²) < 4.78 is 9.52. The molecule has 0 spiro atoms. The van der Waals surface area contributed by atoms with Gasteiger partial charge in [-0.25, -0.2) is 14.2 Å². The maximum Gasteiger partial charge on any atom is 0.337 e. The zero-order valence-corrected chi connectivity index (χ0v) is 64.3. The second-order valence-corrected chi connectivity index (χ2v) is 29.8. The van der Waals surface area contributed by atoms with Gasteiger partial charge in [0.2, 0.25) is 5.91 Å². The van der Waals surface area contributed by atoms with Gasteiger partial charge in [0, 0.05) is 65.8 Å². The van der Waals surface area contributed by atoms with Gasteiger partial charge in [0.1, 0.15) is 33.6 Å². The van der Waals surface area contributed by atoms with Crippen LogP contribution in [-0.2, 0) is 32.3 Å². The molecule has 3 fully saturated rings. The zero-order valence-electron chi connectivity index (χ0n) is 58.7. The first-order valence-corrected chi connectivity index (χ1v) is 37.6. The molecule has 106 heavy (non-hydrogen) atoms. The van der Waals surface area contributed by atoms with E-state index in [1.807, 2.05) is 59.5 Å². The number of carbonyl (C=O) groups is 3. The number of anilines is 4. The number of pyridine rings is 1. The van der Waals surface area contributed by atoms with Gasteiger partial charge in [0.05, 0.1) is 49.6 Å². The van der Waals surface area contributed by atoms with Crippen molar-refractivity contribution in [3.05, 3.63) is 311 Å². The maximum absolute atomic E-state index is 14.5. The number of nitrogens with one attached hydrogen (secondary N) is 3. The van der Waals surface area contributed by atoms with Crippen LogP contribution in [-0.4, -0.2) is 90.6 Å². The first-order valence-electron chi connectivity index (χ1n) is 35.5. The van der Waals surface area contributed by atoms with Gasteiger partial charge in [0.25, 0.3) is 11.5 Å². The molecule has 5 unspecified atom stereocenters. The minimum absolute atomic E-state index is 0. The molecule has 15 nitrogen and oxygen atoms in total. The summed E-state index contributed by atoms with van der Waals surface area (Å²) in [6.07, 6.45) is 27.5. The van der Waals surface area contributed by atoms with Crippen molar-refractivity contribution in [2.75, 3.05) is 56.7 Å². The molecule has 15 rings (SSSR count). The van der Waals surface area contributed by atoms with E-state index in [1.165, 1.54) is 84.1 Å². The summed E-state index contributed by atoms with van der Waals surface area (Å²) in [5, 5.41) is 3.02. The smallest absolute Gasteiger partial charge is 0.337 e. The number of quaternary nitrogens is 1. The molecule has 4 aliphatic heterocycles. The largest absolute Gasteiger partial charge is 1.00 e. The third-order valence-corrected chi connectivity index (χ3v) is 23.5. The summed E-state index contributed by atoms with van der Waals surface area (Å²) in [4.78, 5) is 71.6. The van der Waals surface area contributed by atoms with Gasteiger partial charge in [-0.2, -0.15) is 5.48 Å². The summed E-state index contributed by atoms with van der Waals surface area (Å²) in [7, 11) is 3.02. The number of carbonyl (C=O) groups excluding carboxylic acids is 3. The molecule has 2 aliphatic carbocycles. The number of aromatic nitrogens is 2. The highest BCUT2D eigenvalue weighted by Gasteiger charge is 2.44. The minimum Gasteiger partial charge on any atom is -1.00 e. The quantitative estimate of drug-likeness (QED) is 0.0125. The fraction of sp³-hybridized carbons (Fsp3) is 0.221. The number of thiazole rings is 1. The van der Waals surface area contributed by atoms with Crippen molar-refractivity contribution in [3.8, 4) is 0 Å². The lowest BCUT2D eigenvalue weighted by Gasteiger charge is -2.27. The van der Waals surface area contributed by atoms with Crippen LogP contribution in [0.3, 0.4) is 0 Å². The van der Waals surface area contributed by atoms with Gasteiger partial charge in [-0.3, -0.25) is 23.9 Å². The number of methoxy groups -OCH3 is 1. The number of thiocarbonyl (C=S) groups is 1. The summed E-state index contributed by atoms with van der Waals surface area (Å²) >= 11 is 7.91. The predicted octanol–water partition coefficient (Wildman–Crippen LogP) is 6.85. The number of halogens is 2. The van der Waals surface area contributed by atoms with Crippen LogP contribution in [0, 0.1) is 6.57 Å². The van der Waals surface area contributed by atoms with E-state index < -0.39 is 0 Å². The number of nitrogens with zero attached hydrogens (tertiary/aromatic N) is 6. The highest BCUT2D eigenvalue weighted by atomic mass is 79.9. The van der Waals surface area contributed by atoms with E-state index in [0.29, 0.717) is 73.2 Å². The Bertz CT molecular complexity index is 5150. The molecular formula is C86H79Br2N9O6S3. The molecule has 6 aliphatic rings. The number of esters is 1. The van der Waals surface area contributed by atoms with Crippen LogP contribution in [0.15, 0.2) is 223 Å². The molecule has 20 heteroatoms. The standard InChI is InChI=1S/C86H77N9O6S3.2BrH/c1-87-67(50-60-28-36-77-73(52-60)70-16-10-18-75(70)94(77)68-32-24-58(25-33-68)21-20-57-22-30-66(31-23-57)85(99)100-3)56-101-89-43-49-92-46-40-63(41-47-92)62-38-44-91(45-39-62)48-42-88-80(96)55-93-82(97)79(103-84(93)81-83(98)90(2)86(102)104-81)54-61-29-37-78-74(53-61)71-17-11-19-76(71)95(78)69-34-26-59(27-35-69)51-72(64-12-6-4-7-13-64)65-14-8-5-9-15-65;;/h4-9,12-15,20-41,44-46,50-54,70-71,75-76,89H,10-11,16-19,42-43,47-49,55-56H2,2-3H3;2*1H/b21-20+,67-50-,79-54+,84-81+;;. The van der Waals surface area contributed by atoms with Gasteiger partial charge in [-0.1, -0.05) is 170 Å². The molecule has 0 bridgehead atoms. The molecule has 3 N–H and O–H groups in total. The lowest BCUT2D eigenvalue weighted by molar-refractivity contribution is -0.839. The van der Waals surface area contributed by atoms with Crippen molar-refractivity contribution in [3.63, 3.8) is 0 Å². The molecule has 2 amide bonds. The number of hydrogen-bond acceptors (Lipinski definition) is 12. The molecule has 2 aromatic heterocycles. The number of thioether (sulfide) groups is 1. The number of ether oxygens (including phenoxy) is 1. The molecule has 6 heterocycles. The molecule has 1 saturated heterocycles. The average Bonchev–Trinajstić information content (AvgIpc) is 1.60. The third kappa shape index (κ3) is 16.2. The Morgan fingerprint density at radius 3 is 1.86 bits per heavy atom. The number of hydrogen-bond donors (Lipinski definition) is 3. The molecule has 536 valence electrons. The lowest BCUT2D eigenvalue weighted by Crippen LogP contribution is -3.08. The van der Waals surface area contributed by atoms with E-state index in [9.17, 15) is 19.2 Å². The number of amides is 2. The number of rotatable bonds is 22. The topological polar surface area (TPSA) is 138 Å².